The van der Waals surface area contributed by atoms with Crippen LogP contribution >= 0.6 is 0 Å². The molecule has 1 N–H and O–H groups in total. The maximum Gasteiger partial charge on any atom is 1.00 e. The van der Waals surface area contributed by atoms with E-state index in [1.165, 1.54) is 0 Å². The summed E-state index contributed by atoms with van der Waals surface area (Å²) in [6.07, 6.45) is -1.37. The van der Waals surface area contributed by atoms with Crippen LogP contribution in [0.1, 0.15) is 12.5 Å². The van der Waals surface area contributed by atoms with Crippen LogP contribution in [0.4, 0.5) is 4.79 Å². The summed E-state index contributed by atoms with van der Waals surface area (Å²) in [5.41, 5.74) is 0.347. The first-order chi connectivity index (χ1) is 7.34. The standard InChI is InChI=1S/C9H10O6S.ClH.2Na/c1-2-6-5-7(16(12,13)14)3-4-8(6)15-9(10)11;;;/h3-5H,2H2,1H3,(H,10,11)(H,12,13,14);1H;;/q;;2*+1/p-2. The molecular weight excluding hydrogens is 318 g/mol. The predicted octanol–water partition coefficient (Wildman–Crippen LogP) is -8.77. The summed E-state index contributed by atoms with van der Waals surface area (Å²) in [5.74, 6) is -0.00472. The third-order valence-corrected chi connectivity index (χ3v) is 2.75. The number of carboxylic acid groups (broad SMARTS) is 1. The molecule has 0 unspecified atom stereocenters. The first-order valence-electron chi connectivity index (χ1n) is 4.34. The number of ether oxygens (including phenoxy) is 1. The Bertz CT molecular complexity index is 519. The van der Waals surface area contributed by atoms with Crippen LogP contribution in [0.25, 0.3) is 0 Å². The van der Waals surface area contributed by atoms with Crippen molar-refractivity contribution in [1.82, 2.24) is 0 Å². The number of aryl methyl sites for hydroxylation is 1. The van der Waals surface area contributed by atoms with Crippen molar-refractivity contribution in [2.24, 2.45) is 0 Å². The number of carbonyl (C=O) groups excluding carboxylic acids is 1. The summed E-state index contributed by atoms with van der Waals surface area (Å²) >= 11 is 0. The fourth-order valence-electron chi connectivity index (χ4n) is 1.18. The summed E-state index contributed by atoms with van der Waals surface area (Å²) in [5, 5.41) is 10.2. The van der Waals surface area contributed by atoms with Gasteiger partial charge in [0.05, 0.1) is 10.6 Å². The molecule has 0 heterocycles. The molecule has 1 rings (SSSR count). The van der Waals surface area contributed by atoms with Crippen molar-refractivity contribution >= 4 is 16.3 Å². The van der Waals surface area contributed by atoms with Crippen molar-refractivity contribution in [2.45, 2.75) is 18.2 Å². The minimum Gasteiger partial charge on any atom is -1.00 e. The second-order valence-corrected chi connectivity index (χ2v) is 4.37. The van der Waals surface area contributed by atoms with Gasteiger partial charge in [-0.05, 0) is 30.2 Å². The van der Waals surface area contributed by atoms with Gasteiger partial charge in [-0.15, -0.1) is 0 Å². The van der Waals surface area contributed by atoms with Gasteiger partial charge in [-0.3, -0.25) is 4.55 Å². The molecule has 0 amide bonds. The molecule has 0 fully saturated rings. The molecule has 1 aromatic carbocycles. The quantitative estimate of drug-likeness (QED) is 0.256. The number of hydrogen-bond acceptors (Lipinski definition) is 5. The number of rotatable bonds is 3. The fourth-order valence-corrected chi connectivity index (χ4v) is 1.71. The molecule has 1 aromatic rings. The van der Waals surface area contributed by atoms with Crippen molar-refractivity contribution in [3.63, 3.8) is 0 Å². The number of hydrogen-bond donors (Lipinski definition) is 1. The molecule has 0 atom stereocenters. The Morgan fingerprint density at radius 1 is 1.37 bits per heavy atom. The minimum atomic E-state index is -4.30. The maximum absolute atomic E-state index is 10.8. The van der Waals surface area contributed by atoms with Crippen LogP contribution in [-0.4, -0.2) is 19.1 Å². The Balaban J connectivity index is -0.000000853. The summed E-state index contributed by atoms with van der Waals surface area (Å²) in [4.78, 5) is 9.91. The van der Waals surface area contributed by atoms with Crippen molar-refractivity contribution in [1.29, 1.82) is 0 Å². The Hall–Kier alpha value is 0.690. The zero-order valence-electron chi connectivity index (χ0n) is 10.7. The summed E-state index contributed by atoms with van der Waals surface area (Å²) in [6, 6.07) is 3.35. The van der Waals surface area contributed by atoms with E-state index < -0.39 is 16.3 Å². The maximum atomic E-state index is 10.8. The van der Waals surface area contributed by atoms with E-state index in [0.29, 0.717) is 12.0 Å². The third-order valence-electron chi connectivity index (χ3n) is 1.90. The second kappa shape index (κ2) is 10.4. The molecule has 0 spiro atoms. The molecule has 0 aliphatic rings. The van der Waals surface area contributed by atoms with Crippen LogP contribution < -0.4 is 81.4 Å². The normalized spacial score (nSPS) is 9.37. The molecule has 0 aliphatic carbocycles. The van der Waals surface area contributed by atoms with Crippen molar-refractivity contribution < 1.29 is 99.1 Å². The third kappa shape index (κ3) is 7.89. The van der Waals surface area contributed by atoms with Crippen LogP contribution in [0.15, 0.2) is 23.1 Å². The van der Waals surface area contributed by atoms with E-state index in [1.807, 2.05) is 0 Å². The minimum absolute atomic E-state index is 0. The zero-order valence-corrected chi connectivity index (χ0v) is 16.3. The topological polar surface area (TPSA) is 104 Å². The predicted molar refractivity (Wildman–Crippen MR) is 51.7 cm³/mol. The molecule has 0 aromatic heterocycles. The summed E-state index contributed by atoms with van der Waals surface area (Å²) < 4.78 is 34.8. The monoisotopic (exact) mass is 326 g/mol. The summed E-state index contributed by atoms with van der Waals surface area (Å²) in [6.45, 7) is 1.69. The largest absolute Gasteiger partial charge is 1.00 e. The van der Waals surface area contributed by atoms with Crippen molar-refractivity contribution in [3.8, 4) is 5.75 Å². The van der Waals surface area contributed by atoms with Gasteiger partial charge in [0.2, 0.25) is 0 Å². The Morgan fingerprint density at radius 3 is 2.26 bits per heavy atom. The van der Waals surface area contributed by atoms with Gasteiger partial charge in [0.1, 0.15) is 0 Å². The number of benzene rings is 1. The van der Waals surface area contributed by atoms with E-state index in [9.17, 15) is 18.3 Å². The van der Waals surface area contributed by atoms with E-state index in [0.717, 1.165) is 18.2 Å². The first kappa shape index (κ1) is 24.7. The van der Waals surface area contributed by atoms with E-state index in [4.69, 9.17) is 4.55 Å². The molecule has 0 saturated carbocycles. The molecule has 0 bridgehead atoms. The Morgan fingerprint density at radius 2 is 1.89 bits per heavy atom. The van der Waals surface area contributed by atoms with Gasteiger partial charge in [-0.1, -0.05) is 6.92 Å². The molecule has 0 radical (unpaired) electrons. The van der Waals surface area contributed by atoms with Gasteiger partial charge < -0.3 is 27.0 Å². The number of halogens is 1. The molecule has 96 valence electrons. The van der Waals surface area contributed by atoms with Gasteiger partial charge >= 0.3 is 59.1 Å². The van der Waals surface area contributed by atoms with Crippen LogP contribution in [0.2, 0.25) is 0 Å². The molecule has 0 saturated heterocycles. The smallest absolute Gasteiger partial charge is 1.00 e. The first-order valence-corrected chi connectivity index (χ1v) is 5.78. The van der Waals surface area contributed by atoms with Crippen LogP contribution in [0.3, 0.4) is 0 Å². The van der Waals surface area contributed by atoms with E-state index in [1.54, 1.807) is 6.92 Å². The van der Waals surface area contributed by atoms with Gasteiger partial charge in [-0.2, -0.15) is 8.42 Å². The second-order valence-electron chi connectivity index (χ2n) is 2.95. The number of carbonyl (C=O) groups is 1. The van der Waals surface area contributed by atoms with Crippen LogP contribution in [-0.2, 0) is 16.5 Å². The van der Waals surface area contributed by atoms with Gasteiger partial charge in [0.15, 0.2) is 0 Å². The molecule has 6 nitrogen and oxygen atoms in total. The van der Waals surface area contributed by atoms with E-state index in [2.05, 4.69) is 4.74 Å². The van der Waals surface area contributed by atoms with Crippen LogP contribution in [0.5, 0.6) is 5.75 Å². The van der Waals surface area contributed by atoms with Crippen LogP contribution in [0, 0.1) is 0 Å². The molecule has 0 aliphatic heterocycles. The van der Waals surface area contributed by atoms with Gasteiger partial charge in [-0.25, -0.2) is 0 Å². The average Bonchev–Trinajstić information content (AvgIpc) is 2.15. The van der Waals surface area contributed by atoms with E-state index >= 15 is 0 Å². The molecular formula is C9H9ClNa2O6S. The van der Waals surface area contributed by atoms with E-state index in [-0.39, 0.29) is 82.2 Å². The van der Waals surface area contributed by atoms with Crippen molar-refractivity contribution in [3.05, 3.63) is 23.8 Å². The Labute approximate surface area is 161 Å². The summed E-state index contributed by atoms with van der Waals surface area (Å²) in [7, 11) is -4.30. The molecule has 10 heteroatoms. The molecule has 19 heavy (non-hydrogen) atoms. The fraction of sp³-hybridized carbons (Fsp3) is 0.222. The SMILES string of the molecule is CCc1cc(S(=O)(=O)O)ccc1OC(=O)[O-].[Cl-].[Na+].[Na+]. The zero-order chi connectivity index (χ0) is 12.3. The van der Waals surface area contributed by atoms with Gasteiger partial charge in [0, 0.05) is 0 Å². The van der Waals surface area contributed by atoms with Crippen molar-refractivity contribution in [2.75, 3.05) is 0 Å². The Kier molecular flexibility index (Phi) is 13.5. The average molecular weight is 327 g/mol. The van der Waals surface area contributed by atoms with Gasteiger partial charge in [0.25, 0.3) is 16.3 Å².